The van der Waals surface area contributed by atoms with E-state index in [9.17, 15) is 0 Å². The summed E-state index contributed by atoms with van der Waals surface area (Å²) in [6.45, 7) is 3.44. The van der Waals surface area contributed by atoms with Crippen LogP contribution in [0.3, 0.4) is 0 Å². The molecule has 1 aromatic heterocycles. The second-order valence-electron chi connectivity index (χ2n) is 6.09. The van der Waals surface area contributed by atoms with Gasteiger partial charge in [-0.15, -0.1) is 11.3 Å². The van der Waals surface area contributed by atoms with Crippen LogP contribution in [0.5, 0.6) is 17.2 Å². The second kappa shape index (κ2) is 8.76. The first-order valence-electron chi connectivity index (χ1n) is 9.27. The molecule has 0 amide bonds. The summed E-state index contributed by atoms with van der Waals surface area (Å²) in [6, 6.07) is 23.8. The molecule has 28 heavy (non-hydrogen) atoms. The molecule has 0 aliphatic rings. The van der Waals surface area contributed by atoms with E-state index in [1.165, 1.54) is 4.70 Å². The predicted octanol–water partition coefficient (Wildman–Crippen LogP) is 5.82. The Bertz CT molecular complexity index is 1010. The predicted molar refractivity (Wildman–Crippen MR) is 114 cm³/mol. The van der Waals surface area contributed by atoms with Gasteiger partial charge in [0, 0.05) is 5.56 Å². The normalized spacial score (nSPS) is 10.8. The summed E-state index contributed by atoms with van der Waals surface area (Å²) < 4.78 is 18.5. The van der Waals surface area contributed by atoms with Crippen LogP contribution in [0.25, 0.3) is 20.8 Å². The molecular formula is C23H21NO3S. The maximum absolute atomic E-state index is 5.89. The van der Waals surface area contributed by atoms with E-state index in [1.54, 1.807) is 11.3 Å². The molecule has 0 saturated heterocycles. The summed E-state index contributed by atoms with van der Waals surface area (Å²) >= 11 is 1.67. The zero-order valence-corrected chi connectivity index (χ0v) is 16.4. The SMILES string of the molecule is CCOc1cc(-c2nc3ccccc3s2)ccc1OCCOc1ccccc1. The molecular weight excluding hydrogens is 370 g/mol. The van der Waals surface area contributed by atoms with E-state index in [0.29, 0.717) is 25.6 Å². The number of rotatable bonds is 8. The van der Waals surface area contributed by atoms with E-state index in [-0.39, 0.29) is 0 Å². The Morgan fingerprint density at radius 3 is 2.39 bits per heavy atom. The van der Waals surface area contributed by atoms with Crippen molar-refractivity contribution in [2.24, 2.45) is 0 Å². The Kier molecular flexibility index (Phi) is 5.73. The monoisotopic (exact) mass is 391 g/mol. The molecule has 142 valence electrons. The Morgan fingerprint density at radius 1 is 0.786 bits per heavy atom. The maximum atomic E-state index is 5.89. The maximum Gasteiger partial charge on any atom is 0.161 e. The Hall–Kier alpha value is -3.05. The topological polar surface area (TPSA) is 40.6 Å². The lowest BCUT2D eigenvalue weighted by Crippen LogP contribution is -2.09. The molecule has 0 radical (unpaired) electrons. The summed E-state index contributed by atoms with van der Waals surface area (Å²) in [7, 11) is 0. The van der Waals surface area contributed by atoms with E-state index in [4.69, 9.17) is 19.2 Å². The molecule has 1 heterocycles. The first-order valence-corrected chi connectivity index (χ1v) is 10.1. The molecule has 0 atom stereocenters. The zero-order valence-electron chi connectivity index (χ0n) is 15.6. The molecule has 0 bridgehead atoms. The smallest absolute Gasteiger partial charge is 0.161 e. The fraction of sp³-hybridized carbons (Fsp3) is 0.174. The fourth-order valence-corrected chi connectivity index (χ4v) is 3.81. The standard InChI is InChI=1S/C23H21NO3S/c1-2-25-21-16-17(23-24-19-10-6-7-11-22(19)28-23)12-13-20(21)27-15-14-26-18-8-4-3-5-9-18/h3-13,16H,2,14-15H2,1H3. The van der Waals surface area contributed by atoms with Gasteiger partial charge in [-0.3, -0.25) is 0 Å². The van der Waals surface area contributed by atoms with Crippen LogP contribution >= 0.6 is 11.3 Å². The molecule has 5 heteroatoms. The third kappa shape index (κ3) is 4.26. The van der Waals surface area contributed by atoms with Crippen LogP contribution in [0.4, 0.5) is 0 Å². The molecule has 0 aliphatic carbocycles. The molecule has 0 fully saturated rings. The van der Waals surface area contributed by atoms with Gasteiger partial charge in [0.25, 0.3) is 0 Å². The number of hydrogen-bond donors (Lipinski definition) is 0. The molecule has 4 nitrogen and oxygen atoms in total. The highest BCUT2D eigenvalue weighted by Crippen LogP contribution is 2.36. The van der Waals surface area contributed by atoms with Crippen LogP contribution < -0.4 is 14.2 Å². The van der Waals surface area contributed by atoms with Crippen molar-refractivity contribution >= 4 is 21.6 Å². The highest BCUT2D eigenvalue weighted by Gasteiger charge is 2.11. The third-order valence-electron chi connectivity index (χ3n) is 4.14. The van der Waals surface area contributed by atoms with Crippen molar-refractivity contribution in [3.8, 4) is 27.8 Å². The van der Waals surface area contributed by atoms with Crippen molar-refractivity contribution in [1.82, 2.24) is 4.98 Å². The minimum atomic E-state index is 0.440. The number of aromatic nitrogens is 1. The van der Waals surface area contributed by atoms with Gasteiger partial charge in [-0.1, -0.05) is 30.3 Å². The van der Waals surface area contributed by atoms with Gasteiger partial charge in [-0.25, -0.2) is 4.98 Å². The van der Waals surface area contributed by atoms with Crippen LogP contribution in [-0.4, -0.2) is 24.8 Å². The van der Waals surface area contributed by atoms with Gasteiger partial charge in [-0.05, 0) is 49.4 Å². The molecule has 0 saturated carbocycles. The van der Waals surface area contributed by atoms with Crippen LogP contribution in [0.1, 0.15) is 6.92 Å². The Labute approximate surface area is 168 Å². The van der Waals surface area contributed by atoms with Gasteiger partial charge in [-0.2, -0.15) is 0 Å². The van der Waals surface area contributed by atoms with Crippen molar-refractivity contribution in [2.45, 2.75) is 6.92 Å². The minimum absolute atomic E-state index is 0.440. The van der Waals surface area contributed by atoms with E-state index >= 15 is 0 Å². The number of ether oxygens (including phenoxy) is 3. The van der Waals surface area contributed by atoms with Crippen molar-refractivity contribution < 1.29 is 14.2 Å². The average molecular weight is 391 g/mol. The number of para-hydroxylation sites is 2. The van der Waals surface area contributed by atoms with Crippen molar-refractivity contribution in [1.29, 1.82) is 0 Å². The van der Waals surface area contributed by atoms with Crippen LogP contribution in [0, 0.1) is 0 Å². The highest BCUT2D eigenvalue weighted by atomic mass is 32.1. The fourth-order valence-electron chi connectivity index (χ4n) is 2.85. The molecule has 0 N–H and O–H groups in total. The van der Waals surface area contributed by atoms with E-state index in [0.717, 1.165) is 27.6 Å². The van der Waals surface area contributed by atoms with Gasteiger partial charge in [0.15, 0.2) is 11.5 Å². The van der Waals surface area contributed by atoms with Crippen molar-refractivity contribution in [3.05, 3.63) is 72.8 Å². The average Bonchev–Trinajstić information content (AvgIpc) is 3.17. The van der Waals surface area contributed by atoms with Crippen molar-refractivity contribution in [3.63, 3.8) is 0 Å². The molecule has 0 aliphatic heterocycles. The summed E-state index contributed by atoms with van der Waals surface area (Å²) in [5.41, 5.74) is 2.04. The summed E-state index contributed by atoms with van der Waals surface area (Å²) in [5, 5.41) is 0.973. The Morgan fingerprint density at radius 2 is 1.57 bits per heavy atom. The number of thiazole rings is 1. The number of benzene rings is 3. The number of nitrogens with zero attached hydrogens (tertiary/aromatic N) is 1. The second-order valence-corrected chi connectivity index (χ2v) is 7.12. The summed E-state index contributed by atoms with van der Waals surface area (Å²) in [5.74, 6) is 2.27. The molecule has 0 spiro atoms. The first-order chi connectivity index (χ1) is 13.8. The molecule has 3 aromatic carbocycles. The molecule has 4 aromatic rings. The van der Waals surface area contributed by atoms with Gasteiger partial charge < -0.3 is 14.2 Å². The number of hydrogen-bond acceptors (Lipinski definition) is 5. The lowest BCUT2D eigenvalue weighted by molar-refractivity contribution is 0.208. The lowest BCUT2D eigenvalue weighted by Gasteiger charge is -2.13. The van der Waals surface area contributed by atoms with Gasteiger partial charge >= 0.3 is 0 Å². The van der Waals surface area contributed by atoms with E-state index < -0.39 is 0 Å². The molecule has 0 unspecified atom stereocenters. The minimum Gasteiger partial charge on any atom is -0.490 e. The lowest BCUT2D eigenvalue weighted by atomic mass is 10.2. The van der Waals surface area contributed by atoms with Crippen LogP contribution in [0.2, 0.25) is 0 Å². The highest BCUT2D eigenvalue weighted by molar-refractivity contribution is 7.21. The van der Waals surface area contributed by atoms with E-state index in [2.05, 4.69) is 6.07 Å². The zero-order chi connectivity index (χ0) is 19.2. The summed E-state index contributed by atoms with van der Waals surface area (Å²) in [4.78, 5) is 4.73. The van der Waals surface area contributed by atoms with Crippen LogP contribution in [-0.2, 0) is 0 Å². The third-order valence-corrected chi connectivity index (χ3v) is 5.22. The quantitative estimate of drug-likeness (QED) is 0.355. The Balaban J connectivity index is 1.47. The van der Waals surface area contributed by atoms with Crippen molar-refractivity contribution in [2.75, 3.05) is 19.8 Å². The van der Waals surface area contributed by atoms with Crippen LogP contribution in [0.15, 0.2) is 72.8 Å². The summed E-state index contributed by atoms with van der Waals surface area (Å²) in [6.07, 6.45) is 0. The first kappa shape index (κ1) is 18.3. The number of fused-ring (bicyclic) bond motifs is 1. The van der Waals surface area contributed by atoms with E-state index in [1.807, 2.05) is 73.7 Å². The van der Waals surface area contributed by atoms with Gasteiger partial charge in [0.1, 0.15) is 24.0 Å². The van der Waals surface area contributed by atoms with Gasteiger partial charge in [0.05, 0.1) is 16.8 Å². The largest absolute Gasteiger partial charge is 0.490 e. The molecule has 4 rings (SSSR count). The van der Waals surface area contributed by atoms with Gasteiger partial charge in [0.2, 0.25) is 0 Å².